The number of amides is 3. The molecule has 56 heavy (non-hydrogen) atoms. The molecule has 0 unspecified atom stereocenters. The number of sulfonamides is 1. The number of anilines is 2. The van der Waals surface area contributed by atoms with Gasteiger partial charge in [0.05, 0.1) is 34.3 Å². The molecule has 4 atom stereocenters. The van der Waals surface area contributed by atoms with Gasteiger partial charge in [-0.05, 0) is 99.8 Å². The number of para-hydroxylation sites is 1. The number of halogens is 1. The Hall–Kier alpha value is -5.31. The number of nitrogens with one attached hydrogen (secondary N) is 2. The molecule has 0 aromatic heterocycles. The minimum Gasteiger partial charge on any atom is -0.490 e. The van der Waals surface area contributed by atoms with Gasteiger partial charge in [0, 0.05) is 44.0 Å². The number of likely N-dealkylation sites (N-methyl/N-ethyl adjacent to an activating group) is 1. The number of hydrogen-bond donors (Lipinski definition) is 2. The monoisotopic (exact) mass is 788 g/mol. The van der Waals surface area contributed by atoms with Crippen LogP contribution in [0.2, 0.25) is 0 Å². The van der Waals surface area contributed by atoms with E-state index in [9.17, 15) is 27.2 Å². The molecule has 0 radical (unpaired) electrons. The highest BCUT2D eigenvalue weighted by molar-refractivity contribution is 7.89. The van der Waals surface area contributed by atoms with Crippen molar-refractivity contribution in [3.05, 3.63) is 120 Å². The summed E-state index contributed by atoms with van der Waals surface area (Å²) in [5, 5.41) is 5.57. The summed E-state index contributed by atoms with van der Waals surface area (Å²) in [6.45, 7) is 5.72. The lowest BCUT2D eigenvalue weighted by atomic mass is 10.0. The third-order valence-electron chi connectivity index (χ3n) is 9.50. The van der Waals surface area contributed by atoms with Gasteiger partial charge >= 0.3 is 12.0 Å². The average molecular weight is 789 g/mol. The Kier molecular flexibility index (Phi) is 14.6. The van der Waals surface area contributed by atoms with Gasteiger partial charge in [-0.15, -0.1) is 0 Å². The van der Waals surface area contributed by atoms with Gasteiger partial charge in [0.2, 0.25) is 10.0 Å². The predicted molar refractivity (Wildman–Crippen MR) is 212 cm³/mol. The number of rotatable bonds is 10. The van der Waals surface area contributed by atoms with Gasteiger partial charge in [0.15, 0.2) is 0 Å². The Balaban J connectivity index is 1.47. The van der Waals surface area contributed by atoms with Crippen LogP contribution in [0, 0.1) is 11.7 Å². The summed E-state index contributed by atoms with van der Waals surface area (Å²) in [5.41, 5.74) is 1.46. The molecule has 298 valence electrons. The molecule has 0 saturated heterocycles. The van der Waals surface area contributed by atoms with Crippen LogP contribution in [0.5, 0.6) is 5.75 Å². The van der Waals surface area contributed by atoms with E-state index in [2.05, 4.69) is 10.6 Å². The largest absolute Gasteiger partial charge is 0.490 e. The van der Waals surface area contributed by atoms with Crippen molar-refractivity contribution >= 4 is 39.3 Å². The second-order valence-electron chi connectivity index (χ2n) is 14.0. The highest BCUT2D eigenvalue weighted by Gasteiger charge is 2.33. The highest BCUT2D eigenvalue weighted by atomic mass is 32.2. The fraction of sp³-hybridized carbons (Fsp3) is 0.357. The maximum absolute atomic E-state index is 14.8. The van der Waals surface area contributed by atoms with Gasteiger partial charge in [0.1, 0.15) is 18.2 Å². The van der Waals surface area contributed by atoms with Crippen molar-refractivity contribution in [1.29, 1.82) is 0 Å². The van der Waals surface area contributed by atoms with Crippen LogP contribution < -0.4 is 15.4 Å². The number of esters is 1. The second kappa shape index (κ2) is 19.5. The van der Waals surface area contributed by atoms with E-state index in [1.54, 1.807) is 84.6 Å². The summed E-state index contributed by atoms with van der Waals surface area (Å²) in [6.07, 6.45) is 1.10. The first kappa shape index (κ1) is 41.8. The summed E-state index contributed by atoms with van der Waals surface area (Å²) in [5.74, 6) is -1.69. The molecule has 1 aliphatic rings. The lowest BCUT2D eigenvalue weighted by molar-refractivity contribution is -0.0103. The third kappa shape index (κ3) is 11.4. The second-order valence-corrected chi connectivity index (χ2v) is 16.0. The number of carbonyl (C=O) groups is 3. The van der Waals surface area contributed by atoms with E-state index in [0.29, 0.717) is 42.1 Å². The molecular formula is C42H49FN4O8S. The smallest absolute Gasteiger partial charge is 0.338 e. The molecule has 0 saturated carbocycles. The van der Waals surface area contributed by atoms with Gasteiger partial charge < -0.3 is 29.7 Å². The van der Waals surface area contributed by atoms with Crippen molar-refractivity contribution in [3.8, 4) is 5.75 Å². The van der Waals surface area contributed by atoms with Gasteiger partial charge in [0.25, 0.3) is 5.91 Å². The number of urea groups is 1. The fourth-order valence-electron chi connectivity index (χ4n) is 6.26. The molecule has 4 aromatic rings. The molecule has 3 amide bonds. The van der Waals surface area contributed by atoms with Gasteiger partial charge in [-0.3, -0.25) is 4.79 Å². The van der Waals surface area contributed by atoms with Crippen molar-refractivity contribution in [2.75, 3.05) is 44.0 Å². The topological polar surface area (TPSA) is 144 Å². The molecule has 0 aliphatic carbocycles. The highest BCUT2D eigenvalue weighted by Crippen LogP contribution is 2.29. The van der Waals surface area contributed by atoms with Crippen molar-refractivity contribution in [1.82, 2.24) is 9.21 Å². The van der Waals surface area contributed by atoms with E-state index >= 15 is 0 Å². The van der Waals surface area contributed by atoms with Crippen molar-refractivity contribution in [2.24, 2.45) is 5.92 Å². The fourth-order valence-corrected chi connectivity index (χ4v) is 7.44. The molecule has 0 spiro atoms. The van der Waals surface area contributed by atoms with Crippen LogP contribution in [-0.4, -0.2) is 87.1 Å². The van der Waals surface area contributed by atoms with Gasteiger partial charge in [-0.2, -0.15) is 4.31 Å². The summed E-state index contributed by atoms with van der Waals surface area (Å²) in [7, 11) is -2.58. The Morgan fingerprint density at radius 3 is 2.29 bits per heavy atom. The maximum Gasteiger partial charge on any atom is 0.338 e. The van der Waals surface area contributed by atoms with Crippen molar-refractivity contribution in [2.45, 2.75) is 63.2 Å². The SMILES string of the molecule is C[C@@H]1CN([C@@H](C)COC(=O)c2ccccc2)C(=O)c2cc(NC(=O)Nc3ccccc3)ccc2O[C@@H](C)CCCCO[C@H]1CN(C)S(=O)(=O)c1ccc(F)cc1. The summed E-state index contributed by atoms with van der Waals surface area (Å²) >= 11 is 0. The predicted octanol–water partition coefficient (Wildman–Crippen LogP) is 7.45. The van der Waals surface area contributed by atoms with E-state index in [4.69, 9.17) is 14.2 Å². The zero-order valence-corrected chi connectivity index (χ0v) is 32.8. The molecule has 12 nitrogen and oxygen atoms in total. The van der Waals surface area contributed by atoms with Crippen LogP contribution in [0.4, 0.5) is 20.6 Å². The minimum absolute atomic E-state index is 0.0546. The van der Waals surface area contributed by atoms with Crippen molar-refractivity contribution in [3.63, 3.8) is 0 Å². The lowest BCUT2D eigenvalue weighted by Gasteiger charge is -2.36. The first-order valence-electron chi connectivity index (χ1n) is 18.6. The van der Waals surface area contributed by atoms with Crippen LogP contribution in [0.25, 0.3) is 0 Å². The summed E-state index contributed by atoms with van der Waals surface area (Å²) < 4.78 is 60.3. The third-order valence-corrected chi connectivity index (χ3v) is 11.3. The number of nitrogens with zero attached hydrogens (tertiary/aromatic N) is 2. The Bertz CT molecular complexity index is 2040. The molecular weight excluding hydrogens is 740 g/mol. The normalized spacial score (nSPS) is 18.9. The van der Waals surface area contributed by atoms with Crippen LogP contribution in [-0.2, 0) is 19.5 Å². The van der Waals surface area contributed by atoms with Crippen LogP contribution in [0.15, 0.2) is 108 Å². The quantitative estimate of drug-likeness (QED) is 0.158. The standard InChI is InChI=1S/C42H49FN4O8S/c1-29-26-47(30(2)28-54-41(49)32-14-7-5-8-15-32)40(48)37-25-35(45-42(50)44-34-16-9-6-10-17-34)20-23-38(37)55-31(3)13-11-12-24-53-39(29)27-46(4)56(51,52)36-21-18-33(43)19-22-36/h5-10,14-23,25,29-31,39H,11-13,24,26-28H2,1-4H3,(H2,44,45,50)/t29-,30+,31+,39+/m1/s1. The zero-order chi connectivity index (χ0) is 40.2. The molecule has 1 heterocycles. The number of benzene rings is 4. The minimum atomic E-state index is -4.01. The molecule has 5 rings (SSSR count). The maximum atomic E-state index is 14.8. The number of carbonyl (C=O) groups excluding carboxylic acids is 3. The van der Waals surface area contributed by atoms with Crippen LogP contribution in [0.1, 0.15) is 60.7 Å². The molecule has 0 fully saturated rings. The number of hydrogen-bond acceptors (Lipinski definition) is 8. The Morgan fingerprint density at radius 2 is 1.59 bits per heavy atom. The van der Waals surface area contributed by atoms with Crippen molar-refractivity contribution < 1.29 is 41.4 Å². The van der Waals surface area contributed by atoms with Crippen LogP contribution in [0.3, 0.4) is 0 Å². The molecule has 2 N–H and O–H groups in total. The number of ether oxygens (including phenoxy) is 3. The zero-order valence-electron chi connectivity index (χ0n) is 32.0. The van der Waals surface area contributed by atoms with Gasteiger partial charge in [-0.1, -0.05) is 43.3 Å². The van der Waals surface area contributed by atoms with E-state index < -0.39 is 51.8 Å². The molecule has 4 aromatic carbocycles. The molecule has 14 heteroatoms. The van der Waals surface area contributed by atoms with E-state index in [1.165, 1.54) is 23.5 Å². The molecule has 0 bridgehead atoms. The number of fused-ring (bicyclic) bond motifs is 1. The summed E-state index contributed by atoms with van der Waals surface area (Å²) in [4.78, 5) is 42.3. The van der Waals surface area contributed by atoms with E-state index in [0.717, 1.165) is 18.6 Å². The molecule has 1 aliphatic heterocycles. The Labute approximate surface area is 328 Å². The Morgan fingerprint density at radius 1 is 0.929 bits per heavy atom. The van der Waals surface area contributed by atoms with E-state index in [1.807, 2.05) is 19.9 Å². The van der Waals surface area contributed by atoms with E-state index in [-0.39, 0.29) is 36.3 Å². The van der Waals surface area contributed by atoms with Gasteiger partial charge in [-0.25, -0.2) is 22.4 Å². The first-order chi connectivity index (χ1) is 26.8. The lowest BCUT2D eigenvalue weighted by Crippen LogP contribution is -2.48. The average Bonchev–Trinajstić information content (AvgIpc) is 3.19. The summed E-state index contributed by atoms with van der Waals surface area (Å²) in [6, 6.07) is 25.7. The van der Waals surface area contributed by atoms with Crippen LogP contribution >= 0.6 is 0 Å². The first-order valence-corrected chi connectivity index (χ1v) is 20.1.